The minimum Gasteiger partial charge on any atom is -0.451 e. The Morgan fingerprint density at radius 3 is 2.70 bits per heavy atom. The molecule has 2 aromatic rings. The number of anilines is 1. The highest BCUT2D eigenvalue weighted by Gasteiger charge is 2.59. The molecule has 1 aromatic heterocycles. The van der Waals surface area contributed by atoms with E-state index in [4.69, 9.17) is 19.3 Å². The third-order valence-electron chi connectivity index (χ3n) is 4.68. The number of benzene rings is 1. The van der Waals surface area contributed by atoms with Crippen LogP contribution in [0.4, 0.5) is 14.6 Å². The smallest absolute Gasteiger partial charge is 0.351 e. The molecular formula is C18H17F2N3O7. The molecule has 1 fully saturated rings. The van der Waals surface area contributed by atoms with E-state index >= 15 is 0 Å². The average molecular weight is 425 g/mol. The minimum atomic E-state index is -3.83. The van der Waals surface area contributed by atoms with Gasteiger partial charge in [0.25, 0.3) is 5.91 Å². The van der Waals surface area contributed by atoms with Gasteiger partial charge in [-0.1, -0.05) is 0 Å². The Morgan fingerprint density at radius 2 is 2.03 bits per heavy atom. The molecule has 2 unspecified atom stereocenters. The highest BCUT2D eigenvalue weighted by molar-refractivity contribution is 6.04. The standard InChI is InChI=1S/C18H17F2N3O7/c1-8-28-10-3-2-9(6-11(10)29-8)15(26)21-13-4-5-23(17(27)22-13)16-18(19,20)14(25)12(7-24)30-16/h2-6,8,12,14,16,24-25H,7H2,1H3,(H,21,22,26,27)/t8?,12-,14-,16?/m1/s1. The zero-order valence-corrected chi connectivity index (χ0v) is 15.5. The molecule has 4 atom stereocenters. The van der Waals surface area contributed by atoms with Crippen molar-refractivity contribution >= 4 is 11.7 Å². The Morgan fingerprint density at radius 1 is 1.30 bits per heavy atom. The molecule has 0 radical (unpaired) electrons. The summed E-state index contributed by atoms with van der Waals surface area (Å²) in [6, 6.07) is 5.63. The number of carbonyl (C=O) groups excluding carboxylic acids is 1. The van der Waals surface area contributed by atoms with Crippen LogP contribution in [-0.2, 0) is 4.74 Å². The summed E-state index contributed by atoms with van der Waals surface area (Å²) in [5.74, 6) is -3.73. The summed E-state index contributed by atoms with van der Waals surface area (Å²) in [7, 11) is 0. The molecule has 1 saturated heterocycles. The molecule has 0 bridgehead atoms. The number of ether oxygens (including phenoxy) is 3. The molecule has 2 aliphatic rings. The van der Waals surface area contributed by atoms with E-state index in [2.05, 4.69) is 10.3 Å². The fourth-order valence-electron chi connectivity index (χ4n) is 3.19. The van der Waals surface area contributed by atoms with Gasteiger partial charge in [0.2, 0.25) is 12.5 Å². The van der Waals surface area contributed by atoms with E-state index in [0.717, 1.165) is 12.3 Å². The summed E-state index contributed by atoms with van der Waals surface area (Å²) in [6.07, 6.45) is -5.51. The third kappa shape index (κ3) is 3.38. The lowest BCUT2D eigenvalue weighted by atomic mass is 10.1. The van der Waals surface area contributed by atoms with E-state index in [9.17, 15) is 23.5 Å². The monoisotopic (exact) mass is 425 g/mol. The lowest BCUT2D eigenvalue weighted by molar-refractivity contribution is -0.140. The largest absolute Gasteiger partial charge is 0.451 e. The van der Waals surface area contributed by atoms with E-state index < -0.39 is 48.9 Å². The van der Waals surface area contributed by atoms with Crippen LogP contribution >= 0.6 is 0 Å². The quantitative estimate of drug-likeness (QED) is 0.645. The summed E-state index contributed by atoms with van der Waals surface area (Å²) in [4.78, 5) is 28.2. The van der Waals surface area contributed by atoms with Crippen molar-refractivity contribution in [2.45, 2.75) is 37.6 Å². The number of hydrogen-bond donors (Lipinski definition) is 3. The first kappa shape index (κ1) is 20.2. The van der Waals surface area contributed by atoms with E-state index in [1.807, 2.05) is 0 Å². The van der Waals surface area contributed by atoms with Crippen LogP contribution in [0.25, 0.3) is 0 Å². The van der Waals surface area contributed by atoms with E-state index in [-0.39, 0.29) is 11.4 Å². The summed E-state index contributed by atoms with van der Waals surface area (Å²) >= 11 is 0. The number of aromatic nitrogens is 2. The molecule has 0 saturated carbocycles. The maximum atomic E-state index is 14.2. The molecule has 1 amide bonds. The number of nitrogens with one attached hydrogen (secondary N) is 1. The van der Waals surface area contributed by atoms with E-state index in [1.54, 1.807) is 13.0 Å². The fourth-order valence-corrected chi connectivity index (χ4v) is 3.19. The molecule has 30 heavy (non-hydrogen) atoms. The van der Waals surface area contributed by atoms with Gasteiger partial charge in [0, 0.05) is 18.7 Å². The Kier molecular flexibility index (Phi) is 4.92. The second-order valence-electron chi connectivity index (χ2n) is 6.75. The van der Waals surface area contributed by atoms with Gasteiger partial charge in [-0.15, -0.1) is 0 Å². The van der Waals surface area contributed by atoms with E-state index in [0.29, 0.717) is 16.1 Å². The van der Waals surface area contributed by atoms with Gasteiger partial charge in [0.1, 0.15) is 11.9 Å². The van der Waals surface area contributed by atoms with Crippen LogP contribution in [0.3, 0.4) is 0 Å². The highest BCUT2D eigenvalue weighted by Crippen LogP contribution is 2.42. The molecule has 12 heteroatoms. The molecule has 1 aromatic carbocycles. The topological polar surface area (TPSA) is 132 Å². The van der Waals surface area contributed by atoms with Gasteiger partial charge < -0.3 is 29.7 Å². The number of aliphatic hydroxyl groups is 2. The number of hydrogen-bond acceptors (Lipinski definition) is 8. The lowest BCUT2D eigenvalue weighted by Gasteiger charge is -2.21. The molecule has 0 spiro atoms. The van der Waals surface area contributed by atoms with Crippen LogP contribution in [0, 0.1) is 0 Å². The van der Waals surface area contributed by atoms with Gasteiger partial charge in [-0.05, 0) is 24.3 Å². The first-order valence-corrected chi connectivity index (χ1v) is 8.91. The maximum absolute atomic E-state index is 14.2. The SMILES string of the molecule is CC1Oc2ccc(C(=O)Nc3ccn(C4O[C@H](CO)[C@@H](O)C4(F)F)c(=O)n3)cc2O1. The third-order valence-corrected chi connectivity index (χ3v) is 4.68. The van der Waals surface area contributed by atoms with Crippen molar-refractivity contribution in [1.82, 2.24) is 9.55 Å². The average Bonchev–Trinajstić information content (AvgIpc) is 3.18. The molecule has 160 valence electrons. The highest BCUT2D eigenvalue weighted by atomic mass is 19.3. The summed E-state index contributed by atoms with van der Waals surface area (Å²) < 4.78 is 44.6. The molecule has 3 heterocycles. The molecule has 0 aliphatic carbocycles. The van der Waals surface area contributed by atoms with Crippen molar-refractivity contribution < 1.29 is 38.0 Å². The zero-order valence-electron chi connectivity index (χ0n) is 15.5. The van der Waals surface area contributed by atoms with Crippen LogP contribution in [0.1, 0.15) is 23.5 Å². The Labute approximate surface area is 167 Å². The Bertz CT molecular complexity index is 1040. The number of nitrogens with zero attached hydrogens (tertiary/aromatic N) is 2. The number of halogens is 2. The first-order chi connectivity index (χ1) is 14.2. The normalized spacial score (nSPS) is 26.6. The molecule has 10 nitrogen and oxygen atoms in total. The van der Waals surface area contributed by atoms with Crippen LogP contribution in [0.15, 0.2) is 35.3 Å². The zero-order chi connectivity index (χ0) is 21.6. The van der Waals surface area contributed by atoms with Crippen molar-refractivity contribution in [3.63, 3.8) is 0 Å². The van der Waals surface area contributed by atoms with Crippen LogP contribution in [0.5, 0.6) is 11.5 Å². The van der Waals surface area contributed by atoms with Crippen LogP contribution in [0.2, 0.25) is 0 Å². The van der Waals surface area contributed by atoms with Crippen LogP contribution < -0.4 is 20.5 Å². The molecule has 2 aliphatic heterocycles. The number of carbonyl (C=O) groups is 1. The van der Waals surface area contributed by atoms with Gasteiger partial charge in [-0.2, -0.15) is 13.8 Å². The van der Waals surface area contributed by atoms with E-state index in [1.165, 1.54) is 12.1 Å². The predicted molar refractivity (Wildman–Crippen MR) is 95.6 cm³/mol. The molecule has 3 N–H and O–H groups in total. The van der Waals surface area contributed by atoms with Crippen molar-refractivity contribution in [3.8, 4) is 11.5 Å². The Hall–Kier alpha value is -3.09. The second-order valence-corrected chi connectivity index (χ2v) is 6.75. The number of alkyl halides is 2. The summed E-state index contributed by atoms with van der Waals surface area (Å²) in [6.45, 7) is 0.843. The first-order valence-electron chi connectivity index (χ1n) is 8.91. The summed E-state index contributed by atoms with van der Waals surface area (Å²) in [5, 5.41) is 21.0. The number of amides is 1. The van der Waals surface area contributed by atoms with Crippen molar-refractivity contribution in [2.75, 3.05) is 11.9 Å². The van der Waals surface area contributed by atoms with Gasteiger partial charge in [-0.3, -0.25) is 9.36 Å². The van der Waals surface area contributed by atoms with Crippen molar-refractivity contribution in [3.05, 3.63) is 46.5 Å². The fraction of sp³-hybridized carbons (Fsp3) is 0.389. The number of aliphatic hydroxyl groups excluding tert-OH is 2. The van der Waals surface area contributed by atoms with Gasteiger partial charge >= 0.3 is 11.6 Å². The lowest BCUT2D eigenvalue weighted by Crippen LogP contribution is -2.41. The minimum absolute atomic E-state index is 0.173. The predicted octanol–water partition coefficient (Wildman–Crippen LogP) is 0.499. The summed E-state index contributed by atoms with van der Waals surface area (Å²) in [5.41, 5.74) is -0.931. The molecule has 4 rings (SSSR count). The van der Waals surface area contributed by atoms with Gasteiger partial charge in [0.15, 0.2) is 17.6 Å². The van der Waals surface area contributed by atoms with Crippen molar-refractivity contribution in [1.29, 1.82) is 0 Å². The van der Waals surface area contributed by atoms with Crippen LogP contribution in [-0.4, -0.2) is 56.7 Å². The van der Waals surface area contributed by atoms with Gasteiger partial charge in [-0.25, -0.2) is 4.79 Å². The maximum Gasteiger partial charge on any atom is 0.351 e. The van der Waals surface area contributed by atoms with Crippen molar-refractivity contribution in [2.24, 2.45) is 0 Å². The number of rotatable bonds is 4. The Balaban J connectivity index is 1.52. The van der Waals surface area contributed by atoms with Gasteiger partial charge in [0.05, 0.1) is 6.61 Å². The number of fused-ring (bicyclic) bond motifs is 1. The second kappa shape index (κ2) is 7.31. The molecular weight excluding hydrogens is 408 g/mol.